The van der Waals surface area contributed by atoms with E-state index < -0.39 is 37.5 Å². The number of carbonyl (C=O) groups excluding carboxylic acids is 1. The summed E-state index contributed by atoms with van der Waals surface area (Å²) in [7, 11) is 5.08. The zero-order valence-electron chi connectivity index (χ0n) is 20.1. The second-order valence-corrected chi connectivity index (χ2v) is 6.12. The minimum Gasteiger partial charge on any atom is -0.496 e. The van der Waals surface area contributed by atoms with Gasteiger partial charge in [0.25, 0.3) is 0 Å². The van der Waals surface area contributed by atoms with Crippen LogP contribution in [0.15, 0.2) is 24.3 Å². The summed E-state index contributed by atoms with van der Waals surface area (Å²) in [6, 6.07) is 4.56. The Morgan fingerprint density at radius 3 is 1.03 bits per heavy atom. The van der Waals surface area contributed by atoms with Crippen LogP contribution in [0.25, 0.3) is 0 Å². The van der Waals surface area contributed by atoms with Crippen molar-refractivity contribution in [3.8, 4) is 23.0 Å². The van der Waals surface area contributed by atoms with Gasteiger partial charge in [0.05, 0.1) is 28.4 Å². The number of esters is 1. The molecule has 0 radical (unpaired) electrons. The summed E-state index contributed by atoms with van der Waals surface area (Å²) in [6.07, 6.45) is 0. The first-order valence-electron chi connectivity index (χ1n) is 9.69. The smallest absolute Gasteiger partial charge is 0.344 e. The first-order chi connectivity index (χ1) is 17.5. The van der Waals surface area contributed by atoms with Crippen molar-refractivity contribution in [2.24, 2.45) is 0 Å². The third kappa shape index (κ3) is 9.17. The van der Waals surface area contributed by atoms with Gasteiger partial charge in [0.2, 0.25) is 0 Å². The van der Waals surface area contributed by atoms with Crippen LogP contribution in [0.5, 0.6) is 23.0 Å². The van der Waals surface area contributed by atoms with Crippen LogP contribution in [-0.4, -0.2) is 96.5 Å². The molecule has 0 aliphatic rings. The fourth-order valence-corrected chi connectivity index (χ4v) is 2.59. The molecule has 0 amide bonds. The number of benzene rings is 2. The summed E-state index contributed by atoms with van der Waals surface area (Å²) in [5.74, 6) is -4.52. The molecule has 0 saturated heterocycles. The highest BCUT2D eigenvalue weighted by molar-refractivity contribution is 5.98. The van der Waals surface area contributed by atoms with Crippen molar-refractivity contribution in [1.82, 2.24) is 0 Å². The van der Waals surface area contributed by atoms with E-state index in [2.05, 4.69) is 4.74 Å². The van der Waals surface area contributed by atoms with Gasteiger partial charge in [-0.05, 0) is 24.3 Å². The minimum atomic E-state index is -1.22. The summed E-state index contributed by atoms with van der Waals surface area (Å²) in [5.41, 5.74) is -0.475. The number of ether oxygens (including phenoxy) is 5. The number of carbonyl (C=O) groups is 4. The number of hydrogen-bond acceptors (Lipinski definition) is 12. The van der Waals surface area contributed by atoms with E-state index in [9.17, 15) is 19.2 Å². The molecule has 0 bridgehead atoms. The van der Waals surface area contributed by atoms with Crippen molar-refractivity contribution in [2.45, 2.75) is 0 Å². The average Bonchev–Trinajstić information content (AvgIpc) is 2.87. The molecule has 0 aliphatic carbocycles. The van der Waals surface area contributed by atoms with Crippen LogP contribution in [0.2, 0.25) is 0 Å². The molecule has 0 atom stereocenters. The summed E-state index contributed by atoms with van der Waals surface area (Å²) in [6.45, 7) is -1.54. The van der Waals surface area contributed by atoms with Crippen LogP contribution < -0.4 is 18.9 Å². The Morgan fingerprint density at radius 2 is 0.811 bits per heavy atom. The lowest BCUT2D eigenvalue weighted by atomic mass is 10.1. The van der Waals surface area contributed by atoms with E-state index in [1.807, 2.05) is 0 Å². The number of aromatic carboxylic acids is 3. The lowest BCUT2D eigenvalue weighted by Crippen LogP contribution is -2.10. The van der Waals surface area contributed by atoms with Crippen LogP contribution >= 0.6 is 0 Å². The molecule has 2 aromatic carbocycles. The van der Waals surface area contributed by atoms with Crippen molar-refractivity contribution >= 4 is 23.9 Å². The Kier molecular flexibility index (Phi) is 14.1. The largest absolute Gasteiger partial charge is 0.496 e. The molecule has 0 fully saturated rings. The van der Waals surface area contributed by atoms with Gasteiger partial charge >= 0.3 is 23.9 Å². The van der Waals surface area contributed by atoms with Crippen LogP contribution in [0.3, 0.4) is 0 Å². The first kappa shape index (κ1) is 32.4. The molecule has 0 unspecified atom stereocenters. The van der Waals surface area contributed by atoms with E-state index in [4.69, 9.17) is 49.6 Å². The van der Waals surface area contributed by atoms with Crippen molar-refractivity contribution in [3.05, 3.63) is 46.5 Å². The molecule has 0 spiro atoms. The molecular formula is C22H26O15. The first-order valence-corrected chi connectivity index (χ1v) is 9.69. The van der Waals surface area contributed by atoms with Crippen molar-refractivity contribution in [3.63, 3.8) is 0 Å². The topological polar surface area (TPSA) is 236 Å². The van der Waals surface area contributed by atoms with Crippen molar-refractivity contribution in [2.75, 3.05) is 42.0 Å². The molecule has 0 saturated carbocycles. The van der Waals surface area contributed by atoms with E-state index in [1.54, 1.807) is 0 Å². The number of aliphatic hydroxyl groups excluding tert-OH is 2. The number of methoxy groups -OCH3 is 4. The van der Waals surface area contributed by atoms with Gasteiger partial charge in [-0.25, -0.2) is 19.2 Å². The maximum atomic E-state index is 11.5. The highest BCUT2D eigenvalue weighted by atomic mass is 16.6. The summed E-state index contributed by atoms with van der Waals surface area (Å²) < 4.78 is 23.8. The Balaban J connectivity index is 0.000000637. The van der Waals surface area contributed by atoms with E-state index >= 15 is 0 Å². The van der Waals surface area contributed by atoms with Gasteiger partial charge in [0, 0.05) is 0 Å². The molecule has 15 nitrogen and oxygen atoms in total. The Labute approximate surface area is 209 Å². The van der Waals surface area contributed by atoms with E-state index in [0.29, 0.717) is 0 Å². The van der Waals surface area contributed by atoms with E-state index in [1.165, 1.54) is 34.5 Å². The quantitative estimate of drug-likeness (QED) is 0.192. The molecule has 6 N–H and O–H groups in total. The highest BCUT2D eigenvalue weighted by Gasteiger charge is 2.21. The highest BCUT2D eigenvalue weighted by Crippen LogP contribution is 2.30. The van der Waals surface area contributed by atoms with Crippen LogP contribution in [-0.2, 0) is 4.74 Å². The molecular weight excluding hydrogens is 504 g/mol. The average molecular weight is 530 g/mol. The maximum Gasteiger partial charge on any atom is 0.344 e. The molecule has 37 heavy (non-hydrogen) atoms. The molecule has 15 heteroatoms. The predicted octanol–water partition coefficient (Wildman–Crippen LogP) is 0.537. The molecule has 2 aromatic rings. The molecule has 204 valence electrons. The fraction of sp³-hybridized carbons (Fsp3) is 0.273. The molecule has 2 rings (SSSR count). The van der Waals surface area contributed by atoms with Crippen LogP contribution in [0.1, 0.15) is 41.4 Å². The van der Waals surface area contributed by atoms with Gasteiger partial charge < -0.3 is 54.3 Å². The molecule has 0 heterocycles. The second-order valence-electron chi connectivity index (χ2n) is 6.12. The molecule has 0 aliphatic heterocycles. The summed E-state index contributed by atoms with van der Waals surface area (Å²) in [4.78, 5) is 44.2. The van der Waals surface area contributed by atoms with Crippen LogP contribution in [0.4, 0.5) is 0 Å². The second kappa shape index (κ2) is 16.1. The van der Waals surface area contributed by atoms with E-state index in [0.717, 1.165) is 18.2 Å². The van der Waals surface area contributed by atoms with Gasteiger partial charge in [0.15, 0.2) is 6.79 Å². The standard InChI is InChI=1S/C11H12O7.C10H10O6.CH4O2/c1-16-8-4-7(11(15)18-5-12)9(17-2)3-6(8)10(13)14;1-15-7-3-6(10(13)14)8(16-2)4-5(7)9(11)12;2-1-3/h3-4,12H,5H2,1-2H3,(H,13,14);3-4H,1-2H3,(H,11,12)(H,13,14);2-3H,1H2. The molecule has 0 aromatic heterocycles. The monoisotopic (exact) mass is 530 g/mol. The number of carboxylic acid groups (broad SMARTS) is 3. The number of aliphatic hydroxyl groups is 3. The third-order valence-electron chi connectivity index (χ3n) is 4.15. The van der Waals surface area contributed by atoms with Crippen LogP contribution in [0, 0.1) is 0 Å². The summed E-state index contributed by atoms with van der Waals surface area (Å²) in [5, 5.41) is 49.5. The Bertz CT molecular complexity index is 1050. The maximum absolute atomic E-state index is 11.5. The normalized spacial score (nSPS) is 9.38. The van der Waals surface area contributed by atoms with Gasteiger partial charge in [0.1, 0.15) is 52.0 Å². The lowest BCUT2D eigenvalue weighted by molar-refractivity contribution is 0.00644. The van der Waals surface area contributed by atoms with E-state index in [-0.39, 0.29) is 45.3 Å². The number of hydrogen-bond donors (Lipinski definition) is 6. The number of carboxylic acids is 3. The fourth-order valence-electron chi connectivity index (χ4n) is 2.59. The van der Waals surface area contributed by atoms with Gasteiger partial charge in [-0.1, -0.05) is 0 Å². The Hall–Kier alpha value is -4.60. The lowest BCUT2D eigenvalue weighted by Gasteiger charge is -2.11. The summed E-state index contributed by atoms with van der Waals surface area (Å²) >= 11 is 0. The van der Waals surface area contributed by atoms with Gasteiger partial charge in [-0.2, -0.15) is 0 Å². The van der Waals surface area contributed by atoms with Gasteiger partial charge in [-0.15, -0.1) is 0 Å². The van der Waals surface area contributed by atoms with Crippen molar-refractivity contribution in [1.29, 1.82) is 0 Å². The minimum absolute atomic E-state index is 0.00631. The van der Waals surface area contributed by atoms with Crippen molar-refractivity contribution < 1.29 is 73.5 Å². The SMILES string of the molecule is COc1cc(C(=O)O)c(OC)cc1C(=O)O.COc1cc(C(=O)OCO)c(OC)cc1C(=O)O.OCO. The predicted molar refractivity (Wildman–Crippen MR) is 122 cm³/mol. The zero-order valence-corrected chi connectivity index (χ0v) is 20.1. The third-order valence-corrected chi connectivity index (χ3v) is 4.15. The zero-order chi connectivity index (χ0) is 28.7. The Morgan fingerprint density at radius 1 is 0.568 bits per heavy atom. The van der Waals surface area contributed by atoms with Gasteiger partial charge in [-0.3, -0.25) is 0 Å². The number of rotatable bonds is 9.